The number of fused-ring (bicyclic) bond motifs is 3. The molecule has 0 fully saturated rings. The van der Waals surface area contributed by atoms with Gasteiger partial charge in [-0.3, -0.25) is 30.3 Å². The van der Waals surface area contributed by atoms with Crippen LogP contribution in [0.3, 0.4) is 0 Å². The molecule has 0 N–H and O–H groups in total. The van der Waals surface area contributed by atoms with Crippen molar-refractivity contribution in [3.05, 3.63) is 126 Å². The van der Waals surface area contributed by atoms with Crippen LogP contribution in [-0.4, -0.2) is 20.5 Å². The summed E-state index contributed by atoms with van der Waals surface area (Å²) in [7, 11) is 0. The largest absolute Gasteiger partial charge is 0.284 e. The molecule has 0 saturated carbocycles. The Labute approximate surface area is 197 Å². The Morgan fingerprint density at radius 2 is 1.26 bits per heavy atom. The fourth-order valence-electron chi connectivity index (χ4n) is 4.17. The predicted octanol–water partition coefficient (Wildman–Crippen LogP) is 6.23. The molecule has 4 aromatic rings. The Kier molecular flexibility index (Phi) is 5.10. The molecular weight excluding hydrogens is 452 g/mol. The summed E-state index contributed by atoms with van der Waals surface area (Å²) in [4.78, 5) is 37.4. The van der Waals surface area contributed by atoms with E-state index in [1.807, 2.05) is 42.5 Å². The standard InChI is InChI=1S/C25H14N4O6/c30-27(31)18-9-10-20-21(12-18)25(22-13-19(28(32)33)14-23(24(20)22)29(34)35)26-17-8-4-7-16(11-17)15-5-2-1-3-6-15/h1-14H. The second-order valence-electron chi connectivity index (χ2n) is 7.77. The number of hydrogen-bond donors (Lipinski definition) is 0. The van der Waals surface area contributed by atoms with Crippen molar-refractivity contribution in [3.63, 3.8) is 0 Å². The highest BCUT2D eigenvalue weighted by Crippen LogP contribution is 2.46. The third-order valence-corrected chi connectivity index (χ3v) is 5.70. The fraction of sp³-hybridized carbons (Fsp3) is 0. The molecule has 0 amide bonds. The summed E-state index contributed by atoms with van der Waals surface area (Å²) in [6.45, 7) is 0. The number of benzene rings is 4. The van der Waals surface area contributed by atoms with Crippen LogP contribution in [0.2, 0.25) is 0 Å². The Morgan fingerprint density at radius 3 is 1.94 bits per heavy atom. The van der Waals surface area contributed by atoms with Crippen LogP contribution in [0, 0.1) is 30.3 Å². The summed E-state index contributed by atoms with van der Waals surface area (Å²) in [6, 6.07) is 22.8. The lowest BCUT2D eigenvalue weighted by Crippen LogP contribution is -2.01. The average molecular weight is 466 g/mol. The minimum atomic E-state index is -0.716. The van der Waals surface area contributed by atoms with Crippen LogP contribution in [0.4, 0.5) is 22.7 Å². The molecule has 1 aliphatic carbocycles. The van der Waals surface area contributed by atoms with Gasteiger partial charge < -0.3 is 0 Å². The van der Waals surface area contributed by atoms with E-state index in [4.69, 9.17) is 0 Å². The molecule has 0 bridgehead atoms. The monoisotopic (exact) mass is 466 g/mol. The van der Waals surface area contributed by atoms with Crippen LogP contribution in [0.5, 0.6) is 0 Å². The van der Waals surface area contributed by atoms with Crippen molar-refractivity contribution >= 4 is 28.5 Å². The molecule has 0 aromatic heterocycles. The number of nitrogens with zero attached hydrogens (tertiary/aromatic N) is 4. The van der Waals surface area contributed by atoms with Crippen molar-refractivity contribution < 1.29 is 14.8 Å². The van der Waals surface area contributed by atoms with Crippen LogP contribution >= 0.6 is 0 Å². The maximum absolute atomic E-state index is 11.8. The summed E-state index contributed by atoms with van der Waals surface area (Å²) in [5.74, 6) is 0. The number of non-ortho nitro benzene ring substituents is 2. The van der Waals surface area contributed by atoms with Gasteiger partial charge in [0.2, 0.25) is 0 Å². The van der Waals surface area contributed by atoms with Gasteiger partial charge in [0, 0.05) is 29.3 Å². The van der Waals surface area contributed by atoms with E-state index in [-0.39, 0.29) is 22.5 Å². The first kappa shape index (κ1) is 21.6. The predicted molar refractivity (Wildman–Crippen MR) is 129 cm³/mol. The Morgan fingerprint density at radius 1 is 0.571 bits per heavy atom. The molecule has 35 heavy (non-hydrogen) atoms. The van der Waals surface area contributed by atoms with Gasteiger partial charge in [-0.2, -0.15) is 0 Å². The zero-order valence-electron chi connectivity index (χ0n) is 17.8. The van der Waals surface area contributed by atoms with Crippen LogP contribution in [0.25, 0.3) is 22.3 Å². The Hall–Kier alpha value is -5.25. The molecule has 5 rings (SSSR count). The number of hydrogen-bond acceptors (Lipinski definition) is 7. The second-order valence-corrected chi connectivity index (χ2v) is 7.77. The van der Waals surface area contributed by atoms with Crippen LogP contribution in [-0.2, 0) is 0 Å². The average Bonchev–Trinajstić information content (AvgIpc) is 3.16. The molecule has 0 saturated heterocycles. The summed E-state index contributed by atoms with van der Waals surface area (Å²) < 4.78 is 0. The van der Waals surface area contributed by atoms with E-state index < -0.39 is 26.1 Å². The van der Waals surface area contributed by atoms with E-state index in [1.54, 1.807) is 12.1 Å². The van der Waals surface area contributed by atoms with Gasteiger partial charge >= 0.3 is 0 Å². The van der Waals surface area contributed by atoms with Crippen molar-refractivity contribution in [1.29, 1.82) is 0 Å². The van der Waals surface area contributed by atoms with Crippen molar-refractivity contribution in [1.82, 2.24) is 0 Å². The molecular formula is C25H14N4O6. The van der Waals surface area contributed by atoms with Crippen molar-refractivity contribution in [2.24, 2.45) is 4.99 Å². The van der Waals surface area contributed by atoms with Crippen LogP contribution < -0.4 is 0 Å². The second kappa shape index (κ2) is 8.27. The molecule has 0 radical (unpaired) electrons. The van der Waals surface area contributed by atoms with Crippen molar-refractivity contribution in [2.45, 2.75) is 0 Å². The van der Waals surface area contributed by atoms with Crippen LogP contribution in [0.1, 0.15) is 11.1 Å². The Balaban J connectivity index is 1.78. The normalized spacial score (nSPS) is 12.7. The van der Waals surface area contributed by atoms with Crippen molar-refractivity contribution in [3.8, 4) is 22.3 Å². The van der Waals surface area contributed by atoms with Gasteiger partial charge in [0.05, 0.1) is 37.8 Å². The summed E-state index contributed by atoms with van der Waals surface area (Å²) in [5.41, 5.74) is 2.30. The highest BCUT2D eigenvalue weighted by Gasteiger charge is 2.36. The van der Waals surface area contributed by atoms with E-state index in [9.17, 15) is 30.3 Å². The van der Waals surface area contributed by atoms with Crippen LogP contribution in [0.15, 0.2) is 89.9 Å². The van der Waals surface area contributed by atoms with Gasteiger partial charge in [-0.15, -0.1) is 0 Å². The third-order valence-electron chi connectivity index (χ3n) is 5.70. The highest BCUT2D eigenvalue weighted by atomic mass is 16.6. The summed E-state index contributed by atoms with van der Waals surface area (Å²) in [6.07, 6.45) is 0. The molecule has 10 nitrogen and oxygen atoms in total. The molecule has 4 aromatic carbocycles. The van der Waals surface area contributed by atoms with E-state index in [0.717, 1.165) is 17.2 Å². The molecule has 10 heteroatoms. The first-order chi connectivity index (χ1) is 16.8. The zero-order chi connectivity index (χ0) is 24.7. The van der Waals surface area contributed by atoms with E-state index >= 15 is 0 Å². The van der Waals surface area contributed by atoms with E-state index in [1.165, 1.54) is 24.3 Å². The van der Waals surface area contributed by atoms with Gasteiger partial charge in [-0.05, 0) is 34.9 Å². The van der Waals surface area contributed by atoms with Crippen molar-refractivity contribution in [2.75, 3.05) is 0 Å². The molecule has 170 valence electrons. The molecule has 1 aliphatic rings. The maximum atomic E-state index is 11.8. The minimum absolute atomic E-state index is 0.142. The maximum Gasteiger partial charge on any atom is 0.284 e. The SMILES string of the molecule is O=[N+]([O-])c1ccc2c(c1)C(=Nc1cccc(-c3ccccc3)c1)c1cc([N+](=O)[O-])cc([N+](=O)[O-])c1-2. The third kappa shape index (κ3) is 3.78. The number of aliphatic imine (C=N–C) groups is 1. The number of rotatable bonds is 5. The minimum Gasteiger partial charge on any atom is -0.258 e. The Bertz CT molecular complexity index is 1580. The lowest BCUT2D eigenvalue weighted by molar-refractivity contribution is -0.393. The zero-order valence-corrected chi connectivity index (χ0v) is 17.8. The number of nitro groups is 3. The molecule has 0 spiro atoms. The van der Waals surface area contributed by atoms with E-state index in [0.29, 0.717) is 16.8 Å². The highest BCUT2D eigenvalue weighted by molar-refractivity contribution is 6.27. The molecule has 0 atom stereocenters. The van der Waals surface area contributed by atoms with Gasteiger partial charge in [0.15, 0.2) is 0 Å². The van der Waals surface area contributed by atoms with Gasteiger partial charge in [-0.25, -0.2) is 4.99 Å². The van der Waals surface area contributed by atoms with E-state index in [2.05, 4.69) is 4.99 Å². The smallest absolute Gasteiger partial charge is 0.258 e. The molecule has 0 heterocycles. The fourth-order valence-corrected chi connectivity index (χ4v) is 4.17. The number of nitro benzene ring substituents is 3. The topological polar surface area (TPSA) is 142 Å². The van der Waals surface area contributed by atoms with Gasteiger partial charge in [0.1, 0.15) is 0 Å². The summed E-state index contributed by atoms with van der Waals surface area (Å²) in [5, 5.41) is 34.8. The van der Waals surface area contributed by atoms with Gasteiger partial charge in [0.25, 0.3) is 17.1 Å². The first-order valence-corrected chi connectivity index (χ1v) is 10.3. The lowest BCUT2D eigenvalue weighted by atomic mass is 10.0. The first-order valence-electron chi connectivity index (χ1n) is 10.3. The molecule has 0 aliphatic heterocycles. The lowest BCUT2D eigenvalue weighted by Gasteiger charge is -2.06. The summed E-state index contributed by atoms with van der Waals surface area (Å²) >= 11 is 0. The quantitative estimate of drug-likeness (QED) is 0.222. The van der Waals surface area contributed by atoms with Gasteiger partial charge in [-0.1, -0.05) is 42.5 Å². The molecule has 0 unspecified atom stereocenters.